The molecule has 3 aromatic rings. The lowest BCUT2D eigenvalue weighted by molar-refractivity contribution is -0.137. The van der Waals surface area contributed by atoms with E-state index >= 15 is 0 Å². The van der Waals surface area contributed by atoms with E-state index in [4.69, 9.17) is 11.6 Å². The number of benzene rings is 1. The van der Waals surface area contributed by atoms with Gasteiger partial charge in [0.2, 0.25) is 17.8 Å². The molecule has 0 radical (unpaired) electrons. The third-order valence-electron chi connectivity index (χ3n) is 5.68. The molecular weight excluding hydrogens is 493 g/mol. The molecule has 0 spiro atoms. The summed E-state index contributed by atoms with van der Waals surface area (Å²) in [7, 11) is 0. The first-order valence-electron chi connectivity index (χ1n) is 11.7. The summed E-state index contributed by atoms with van der Waals surface area (Å²) in [5.41, 5.74) is -0.277. The van der Waals surface area contributed by atoms with Gasteiger partial charge in [-0.2, -0.15) is 28.1 Å². The Kier molecular flexibility index (Phi) is 7.67. The van der Waals surface area contributed by atoms with Crippen LogP contribution in [0, 0.1) is 5.92 Å². The van der Waals surface area contributed by atoms with Gasteiger partial charge in [0.05, 0.1) is 10.6 Å². The number of rotatable bonds is 7. The van der Waals surface area contributed by atoms with E-state index < -0.39 is 11.7 Å². The quantitative estimate of drug-likeness (QED) is 0.425. The molecule has 0 unspecified atom stereocenters. The molecule has 12 heteroatoms. The van der Waals surface area contributed by atoms with Gasteiger partial charge in [0, 0.05) is 44.1 Å². The van der Waals surface area contributed by atoms with E-state index in [-0.39, 0.29) is 12.0 Å². The minimum Gasteiger partial charge on any atom is -0.354 e. The van der Waals surface area contributed by atoms with Crippen molar-refractivity contribution in [1.82, 2.24) is 19.9 Å². The fraction of sp³-hybridized carbons (Fsp3) is 0.417. The van der Waals surface area contributed by atoms with E-state index in [1.165, 1.54) is 12.1 Å². The Morgan fingerprint density at radius 1 is 1.06 bits per heavy atom. The number of nitrogens with one attached hydrogen (secondary N) is 2. The van der Waals surface area contributed by atoms with Crippen LogP contribution in [0.4, 0.5) is 42.5 Å². The predicted octanol–water partition coefficient (Wildman–Crippen LogP) is 5.47. The average molecular weight is 521 g/mol. The van der Waals surface area contributed by atoms with E-state index in [2.05, 4.69) is 61.1 Å². The number of piperazine rings is 1. The van der Waals surface area contributed by atoms with Crippen molar-refractivity contribution in [2.75, 3.05) is 46.6 Å². The van der Waals surface area contributed by atoms with Gasteiger partial charge in [0.15, 0.2) is 0 Å². The highest BCUT2D eigenvalue weighted by atomic mass is 35.5. The highest BCUT2D eigenvalue weighted by molar-refractivity contribution is 6.32. The molecule has 0 bridgehead atoms. The zero-order valence-corrected chi connectivity index (χ0v) is 21.0. The largest absolute Gasteiger partial charge is 0.416 e. The van der Waals surface area contributed by atoms with E-state index in [0.717, 1.165) is 18.0 Å². The fourth-order valence-corrected chi connectivity index (χ4v) is 4.09. The Morgan fingerprint density at radius 3 is 2.42 bits per heavy atom. The van der Waals surface area contributed by atoms with Crippen LogP contribution < -0.4 is 20.4 Å². The third kappa shape index (κ3) is 6.26. The summed E-state index contributed by atoms with van der Waals surface area (Å²) in [5, 5.41) is 6.83. The molecule has 192 valence electrons. The third-order valence-corrected chi connectivity index (χ3v) is 5.98. The number of hydrogen-bond acceptors (Lipinski definition) is 8. The van der Waals surface area contributed by atoms with Gasteiger partial charge < -0.3 is 20.4 Å². The van der Waals surface area contributed by atoms with Gasteiger partial charge >= 0.3 is 6.18 Å². The van der Waals surface area contributed by atoms with Crippen molar-refractivity contribution in [3.05, 3.63) is 53.2 Å². The molecule has 36 heavy (non-hydrogen) atoms. The summed E-state index contributed by atoms with van der Waals surface area (Å²) in [6.07, 6.45) is -2.68. The van der Waals surface area contributed by atoms with Crippen LogP contribution >= 0.6 is 11.6 Å². The maximum atomic E-state index is 12.9. The van der Waals surface area contributed by atoms with Crippen LogP contribution in [0.3, 0.4) is 0 Å². The van der Waals surface area contributed by atoms with Crippen LogP contribution in [-0.2, 0) is 6.18 Å². The lowest BCUT2D eigenvalue weighted by Crippen LogP contribution is -2.53. The molecule has 1 fully saturated rings. The smallest absolute Gasteiger partial charge is 0.354 e. The van der Waals surface area contributed by atoms with Gasteiger partial charge in [0.1, 0.15) is 5.82 Å². The highest BCUT2D eigenvalue weighted by Gasteiger charge is 2.30. The minimum absolute atomic E-state index is 0.0380. The van der Waals surface area contributed by atoms with Crippen molar-refractivity contribution in [3.63, 3.8) is 0 Å². The fourth-order valence-electron chi connectivity index (χ4n) is 3.85. The highest BCUT2D eigenvalue weighted by Crippen LogP contribution is 2.31. The second-order valence-electron chi connectivity index (χ2n) is 9.05. The van der Waals surface area contributed by atoms with E-state index in [1.54, 1.807) is 12.3 Å². The van der Waals surface area contributed by atoms with E-state index in [0.29, 0.717) is 54.7 Å². The minimum atomic E-state index is -4.40. The average Bonchev–Trinajstić information content (AvgIpc) is 2.82. The first kappa shape index (κ1) is 25.7. The summed E-state index contributed by atoms with van der Waals surface area (Å²) in [4.78, 5) is 22.3. The molecule has 1 atom stereocenters. The molecule has 1 saturated heterocycles. The molecule has 0 saturated carbocycles. The van der Waals surface area contributed by atoms with Crippen LogP contribution in [0.1, 0.15) is 26.3 Å². The SMILES string of the molecule is CC(C)CNc1nc(Nc2ccc(C(F)(F)F)cc2)nc(N2CCN(c3ncccc3Cl)C[C@H]2C)n1. The first-order chi connectivity index (χ1) is 17.1. The number of nitrogens with zero attached hydrogens (tertiary/aromatic N) is 6. The van der Waals surface area contributed by atoms with Gasteiger partial charge in [0.25, 0.3) is 0 Å². The van der Waals surface area contributed by atoms with Crippen molar-refractivity contribution in [2.45, 2.75) is 33.0 Å². The zero-order valence-electron chi connectivity index (χ0n) is 20.2. The van der Waals surface area contributed by atoms with Gasteiger partial charge in [-0.05, 0) is 49.2 Å². The van der Waals surface area contributed by atoms with Crippen molar-refractivity contribution in [3.8, 4) is 0 Å². The molecule has 1 aliphatic rings. The van der Waals surface area contributed by atoms with Crippen molar-refractivity contribution >= 4 is 41.0 Å². The second-order valence-corrected chi connectivity index (χ2v) is 9.46. The van der Waals surface area contributed by atoms with Crippen LogP contribution in [0.15, 0.2) is 42.6 Å². The van der Waals surface area contributed by atoms with Gasteiger partial charge in [-0.25, -0.2) is 4.98 Å². The second kappa shape index (κ2) is 10.7. The van der Waals surface area contributed by atoms with E-state index in [9.17, 15) is 13.2 Å². The zero-order chi connectivity index (χ0) is 25.9. The normalized spacial score (nSPS) is 16.4. The molecule has 1 aliphatic heterocycles. The Morgan fingerprint density at radius 2 is 1.78 bits per heavy atom. The Labute approximate surface area is 212 Å². The van der Waals surface area contributed by atoms with Crippen molar-refractivity contribution < 1.29 is 13.2 Å². The topological polar surface area (TPSA) is 82.1 Å². The van der Waals surface area contributed by atoms with Crippen LogP contribution in [0.5, 0.6) is 0 Å². The molecule has 2 N–H and O–H groups in total. The molecular formula is C24H28ClF3N8. The van der Waals surface area contributed by atoms with E-state index in [1.807, 2.05) is 6.07 Å². The summed E-state index contributed by atoms with van der Waals surface area (Å²) in [6.45, 7) is 8.83. The summed E-state index contributed by atoms with van der Waals surface area (Å²) >= 11 is 6.34. The molecule has 0 amide bonds. The Hall–Kier alpha value is -3.34. The molecule has 0 aliphatic carbocycles. The molecule has 8 nitrogen and oxygen atoms in total. The maximum absolute atomic E-state index is 12.9. The lowest BCUT2D eigenvalue weighted by Gasteiger charge is -2.40. The maximum Gasteiger partial charge on any atom is 0.416 e. The molecule has 4 rings (SSSR count). The number of aromatic nitrogens is 4. The molecule has 1 aromatic carbocycles. The molecule has 2 aromatic heterocycles. The van der Waals surface area contributed by atoms with Crippen LogP contribution in [0.2, 0.25) is 5.02 Å². The monoisotopic (exact) mass is 520 g/mol. The Balaban J connectivity index is 1.56. The Bertz CT molecular complexity index is 1170. The summed E-state index contributed by atoms with van der Waals surface area (Å²) < 4.78 is 38.8. The van der Waals surface area contributed by atoms with Gasteiger partial charge in [-0.15, -0.1) is 0 Å². The summed E-state index contributed by atoms with van der Waals surface area (Å²) in [5.74, 6) is 2.22. The number of alkyl halides is 3. The number of hydrogen-bond donors (Lipinski definition) is 2. The van der Waals surface area contributed by atoms with Crippen LogP contribution in [-0.4, -0.2) is 52.2 Å². The number of pyridine rings is 1. The predicted molar refractivity (Wildman–Crippen MR) is 136 cm³/mol. The first-order valence-corrected chi connectivity index (χ1v) is 12.0. The standard InChI is InChI=1S/C24H28ClF3N8/c1-15(2)13-30-21-32-22(31-18-8-6-17(7-9-18)24(26,27)28)34-23(33-21)36-12-11-35(14-16(36)3)20-19(25)5-4-10-29-20/h4-10,15-16H,11-14H2,1-3H3,(H2,30,31,32,33,34)/t16-/m1/s1. The number of halogens is 4. The van der Waals surface area contributed by atoms with Crippen LogP contribution in [0.25, 0.3) is 0 Å². The van der Waals surface area contributed by atoms with Gasteiger partial charge in [-0.3, -0.25) is 0 Å². The lowest BCUT2D eigenvalue weighted by atomic mass is 10.2. The number of anilines is 5. The molecule has 3 heterocycles. The van der Waals surface area contributed by atoms with Gasteiger partial charge in [-0.1, -0.05) is 25.4 Å². The summed E-state index contributed by atoms with van der Waals surface area (Å²) in [6, 6.07) is 8.40. The van der Waals surface area contributed by atoms with Crippen molar-refractivity contribution in [1.29, 1.82) is 0 Å². The van der Waals surface area contributed by atoms with Crippen molar-refractivity contribution in [2.24, 2.45) is 5.92 Å².